The van der Waals surface area contributed by atoms with Gasteiger partial charge in [-0.15, -0.1) is 0 Å². The molecule has 4 aromatic heterocycles. The third-order valence-corrected chi connectivity index (χ3v) is 6.17. The van der Waals surface area contributed by atoms with E-state index in [0.717, 1.165) is 22.8 Å². The predicted octanol–water partition coefficient (Wildman–Crippen LogP) is 6.68. The van der Waals surface area contributed by atoms with Crippen LogP contribution in [0.15, 0.2) is 97.6 Å². The summed E-state index contributed by atoms with van der Waals surface area (Å²) in [6.45, 7) is 3.92. The van der Waals surface area contributed by atoms with Gasteiger partial charge in [-0.05, 0) is 48.5 Å². The molecule has 0 N–H and O–H groups in total. The molecule has 284 valence electrons. The van der Waals surface area contributed by atoms with E-state index in [9.17, 15) is 44.1 Å². The van der Waals surface area contributed by atoms with Crippen molar-refractivity contribution in [1.29, 1.82) is 0 Å². The Labute approximate surface area is 315 Å². The first-order valence-electron chi connectivity index (χ1n) is 15.5. The van der Waals surface area contributed by atoms with Crippen LogP contribution in [0.25, 0.3) is 0 Å². The predicted molar refractivity (Wildman–Crippen MR) is 179 cm³/mol. The van der Waals surface area contributed by atoms with Gasteiger partial charge in [0.1, 0.15) is 0 Å². The molecule has 0 saturated carbocycles. The van der Waals surface area contributed by atoms with E-state index >= 15 is 0 Å². The number of ether oxygens (including phenoxy) is 2. The van der Waals surface area contributed by atoms with Crippen molar-refractivity contribution in [3.8, 4) is 0 Å². The number of rotatable bonds is 14. The third kappa shape index (κ3) is 29.9. The molecule has 0 unspecified atom stereocenters. The molecule has 4 rings (SSSR count). The van der Waals surface area contributed by atoms with E-state index in [2.05, 4.69) is 29.7 Å². The Bertz CT molecular complexity index is 1320. The smallest absolute Gasteiger partial charge is 0.469 e. The first kappa shape index (κ1) is 48.7. The van der Waals surface area contributed by atoms with Crippen LogP contribution < -0.4 is 0 Å². The van der Waals surface area contributed by atoms with E-state index in [0.29, 0.717) is 52.1 Å². The molecule has 4 heterocycles. The molecule has 0 saturated heterocycles. The maximum absolute atomic E-state index is 11.3. The molecular weight excluding hydrogens is 771 g/mol. The Balaban J connectivity index is 0.000000802. The second-order valence-electron chi connectivity index (χ2n) is 10.3. The topological polar surface area (TPSA) is 111 Å². The van der Waals surface area contributed by atoms with Gasteiger partial charge in [0, 0.05) is 64.1 Å². The van der Waals surface area contributed by atoms with Crippen molar-refractivity contribution in [3.63, 3.8) is 0 Å². The number of pyridine rings is 4. The molecule has 21 heteroatoms. The zero-order chi connectivity index (χ0) is 38.8. The molecule has 0 aliphatic carbocycles. The summed E-state index contributed by atoms with van der Waals surface area (Å²) in [5, 5.41) is 0. The van der Waals surface area contributed by atoms with Crippen LogP contribution in [0, 0.1) is 0 Å². The summed E-state index contributed by atoms with van der Waals surface area (Å²) < 4.78 is 87.4. The van der Waals surface area contributed by atoms with Crippen LogP contribution in [0.4, 0.5) is 34.5 Å². The Morgan fingerprint density at radius 1 is 0.509 bits per heavy atom. The number of halogens is 8. The van der Waals surface area contributed by atoms with Gasteiger partial charge in [-0.25, -0.2) is 0 Å². The first-order valence-corrected chi connectivity index (χ1v) is 15.5. The summed E-state index contributed by atoms with van der Waals surface area (Å²) in [5.41, 5.74) is 3.88. The molecule has 53 heavy (non-hydrogen) atoms. The molecule has 0 fully saturated rings. The Hall–Kier alpha value is -4.35. The van der Waals surface area contributed by atoms with Gasteiger partial charge >= 0.3 is 45.9 Å². The van der Waals surface area contributed by atoms with Crippen molar-refractivity contribution >= 4 is 26.4 Å². The fourth-order valence-corrected chi connectivity index (χ4v) is 4.01. The average molecular weight is 810 g/mol. The second-order valence-corrected chi connectivity index (χ2v) is 10.3. The van der Waals surface area contributed by atoms with Crippen molar-refractivity contribution in [2.24, 2.45) is 0 Å². The molecule has 0 radical (unpaired) electrons. The third-order valence-electron chi connectivity index (χ3n) is 6.17. The number of aromatic nitrogens is 4. The molecule has 0 spiro atoms. The van der Waals surface area contributed by atoms with Crippen LogP contribution in [0.2, 0.25) is 0 Å². The number of methoxy groups -OCH3 is 2. The monoisotopic (exact) mass is 808 g/mol. The van der Waals surface area contributed by atoms with Gasteiger partial charge in [0.2, 0.25) is 0 Å². The molecule has 0 aromatic carbocycles. The van der Waals surface area contributed by atoms with Gasteiger partial charge < -0.3 is 44.0 Å². The molecule has 10 nitrogen and oxygen atoms in total. The molecule has 0 aliphatic rings. The zero-order valence-electron chi connectivity index (χ0n) is 29.1. The van der Waals surface area contributed by atoms with Gasteiger partial charge in [-0.1, -0.05) is 24.3 Å². The second kappa shape index (κ2) is 27.3. The summed E-state index contributed by atoms with van der Waals surface area (Å²) >= 11 is 0. The fraction of sp³-hybridized carbons (Fsp3) is 0.312. The maximum Gasteiger partial charge on any atom is 2.00 e. The summed E-state index contributed by atoms with van der Waals surface area (Å²) in [5.74, 6) is -0.413. The molecule has 4 aromatic rings. The summed E-state index contributed by atoms with van der Waals surface area (Å²) in [6, 6.07) is 23.3. The normalized spacial score (nSPS) is 10.6. The van der Waals surface area contributed by atoms with Crippen molar-refractivity contribution < 1.29 is 73.1 Å². The fourth-order valence-electron chi connectivity index (χ4n) is 4.01. The zero-order valence-corrected chi connectivity index (χ0v) is 32.1. The number of esters is 2. The Morgan fingerprint density at radius 3 is 0.906 bits per heavy atom. The van der Waals surface area contributed by atoms with Crippen molar-refractivity contribution in [2.45, 2.75) is 39.0 Å². The van der Waals surface area contributed by atoms with Gasteiger partial charge in [-0.2, -0.15) is 0 Å². The summed E-state index contributed by atoms with van der Waals surface area (Å²) in [6.07, 6.45) is 7.80. The molecule has 0 aliphatic heterocycles. The number of hydrogen-bond acceptors (Lipinski definition) is 10. The van der Waals surface area contributed by atoms with Gasteiger partial charge in [0.25, 0.3) is 0 Å². The Kier molecular flexibility index (Phi) is 25.0. The quantitative estimate of drug-likeness (QED) is 0.0778. The molecule has 0 atom stereocenters. The van der Waals surface area contributed by atoms with Crippen LogP contribution in [-0.4, -0.2) is 83.5 Å². The number of carbonyl (C=O) groups excluding carboxylic acids is 2. The first-order chi connectivity index (χ1) is 24.6. The number of nitrogens with zero attached hydrogens (tertiary/aromatic N) is 6. The van der Waals surface area contributed by atoms with Crippen molar-refractivity contribution in [1.82, 2.24) is 29.7 Å². The average Bonchev–Trinajstić information content (AvgIpc) is 3.10. The van der Waals surface area contributed by atoms with Crippen LogP contribution in [0.1, 0.15) is 35.6 Å². The van der Waals surface area contributed by atoms with Crippen LogP contribution in [0.5, 0.6) is 0 Å². The van der Waals surface area contributed by atoms with E-state index in [1.165, 1.54) is 14.2 Å². The molecular formula is C32H38B2F8N6O4Zn. The van der Waals surface area contributed by atoms with Gasteiger partial charge in [-0.3, -0.25) is 39.3 Å². The van der Waals surface area contributed by atoms with E-state index in [4.69, 9.17) is 9.47 Å². The van der Waals surface area contributed by atoms with Gasteiger partial charge in [0.15, 0.2) is 0 Å². The summed E-state index contributed by atoms with van der Waals surface area (Å²) in [7, 11) is -9.19. The standard InChI is InChI=1S/2C16H19N3O2.2BF4.Zn/c2*1-21-16(20)8-11-19(12-14-6-2-4-9-17-14)13-15-7-3-5-10-18-15;2*2-1(3,4)5;/h2*2-7,9-10H,8,11-13H2,1H3;;;/q;;2*-1;+2. The molecule has 0 bridgehead atoms. The largest absolute Gasteiger partial charge is 2.00 e. The van der Waals surface area contributed by atoms with Crippen LogP contribution in [0.3, 0.4) is 0 Å². The van der Waals surface area contributed by atoms with Crippen molar-refractivity contribution in [2.75, 3.05) is 27.3 Å². The van der Waals surface area contributed by atoms with E-state index in [1.54, 1.807) is 24.8 Å². The SMILES string of the molecule is COC(=O)CCN(Cc1ccccn1)Cc1ccccn1.COC(=O)CCN(Cc1ccccn1)Cc1ccccn1.F[B-](F)(F)F.F[B-](F)(F)F.[Zn+2]. The Morgan fingerprint density at radius 2 is 0.736 bits per heavy atom. The van der Waals surface area contributed by atoms with E-state index in [-0.39, 0.29) is 31.4 Å². The molecule has 0 amide bonds. The van der Waals surface area contributed by atoms with E-state index < -0.39 is 14.5 Å². The van der Waals surface area contributed by atoms with Crippen LogP contribution >= 0.6 is 0 Å². The van der Waals surface area contributed by atoms with E-state index in [1.807, 2.05) is 72.8 Å². The number of carbonyl (C=O) groups is 2. The minimum atomic E-state index is -6.00. The van der Waals surface area contributed by atoms with Crippen molar-refractivity contribution in [3.05, 3.63) is 120 Å². The minimum absolute atomic E-state index is 0. The van der Waals surface area contributed by atoms with Crippen LogP contribution in [-0.2, 0) is 64.7 Å². The number of hydrogen-bond donors (Lipinski definition) is 0. The maximum atomic E-state index is 11.3. The van der Waals surface area contributed by atoms with Gasteiger partial charge in [0.05, 0.1) is 49.8 Å². The minimum Gasteiger partial charge on any atom is -0.469 e. The summed E-state index contributed by atoms with van der Waals surface area (Å²) in [4.78, 5) is 44.3.